The molecule has 18 heavy (non-hydrogen) atoms. The molecule has 0 unspecified atom stereocenters. The molecule has 0 bridgehead atoms. The van der Waals surface area contributed by atoms with Gasteiger partial charge in [0.25, 0.3) is 4.92 Å². The predicted octanol–water partition coefficient (Wildman–Crippen LogP) is 1.57. The van der Waals surface area contributed by atoms with Crippen LogP contribution in [0.15, 0.2) is 18.2 Å². The van der Waals surface area contributed by atoms with Gasteiger partial charge in [0.15, 0.2) is 0 Å². The fourth-order valence-electron chi connectivity index (χ4n) is 2.31. The van der Waals surface area contributed by atoms with Crippen LogP contribution in [0.5, 0.6) is 0 Å². The van der Waals surface area contributed by atoms with Gasteiger partial charge in [0.2, 0.25) is 0 Å². The first-order valence-corrected chi connectivity index (χ1v) is 5.70. The van der Waals surface area contributed by atoms with Gasteiger partial charge in [0, 0.05) is 28.7 Å². The molecule has 1 aliphatic rings. The first-order chi connectivity index (χ1) is 8.34. The average molecular weight is 255 g/mol. The van der Waals surface area contributed by atoms with Gasteiger partial charge in [-0.3, -0.25) is 0 Å². The molecule has 0 spiro atoms. The Balaban J connectivity index is 2.50. The number of aliphatic hydroxyl groups excluding tert-OH is 1. The van der Waals surface area contributed by atoms with Gasteiger partial charge in [-0.2, -0.15) is 0 Å². The minimum absolute atomic E-state index is 0.0863. The Labute approximate surface area is 104 Å². The van der Waals surface area contributed by atoms with Crippen LogP contribution in [0, 0.1) is 16.1 Å². The van der Waals surface area contributed by atoms with Crippen molar-refractivity contribution >= 4 is 5.69 Å². The molecule has 2 rings (SSSR count). The largest absolute Gasteiger partial charge is 0.396 e. The Hall–Kier alpha value is -1.53. The van der Waals surface area contributed by atoms with E-state index < -0.39 is 16.8 Å². The van der Waals surface area contributed by atoms with Crippen LogP contribution in [0.2, 0.25) is 0 Å². The highest BCUT2D eigenvalue weighted by atomic mass is 19.1. The van der Waals surface area contributed by atoms with Gasteiger partial charge in [-0.15, -0.1) is 0 Å². The molecule has 0 saturated heterocycles. The molecule has 1 atom stereocenters. The molecule has 0 amide bonds. The Morgan fingerprint density at radius 3 is 2.61 bits per heavy atom. The summed E-state index contributed by atoms with van der Waals surface area (Å²) in [5.41, 5.74) is 4.57. The topological polar surface area (TPSA) is 86.6 Å². The minimum Gasteiger partial charge on any atom is -0.396 e. The minimum atomic E-state index is -1.09. The number of hydrogen-bond acceptors (Lipinski definition) is 3. The lowest BCUT2D eigenvalue weighted by atomic mass is 9.77. The van der Waals surface area contributed by atoms with E-state index in [2.05, 4.69) is 0 Å². The molecular formula is C12H16FN2O3+. The molecule has 0 aliphatic heterocycles. The van der Waals surface area contributed by atoms with Gasteiger partial charge in [-0.05, 0) is 25.8 Å². The molecule has 0 radical (unpaired) electrons. The first kappa shape index (κ1) is 12.9. The van der Waals surface area contributed by atoms with Crippen molar-refractivity contribution in [1.29, 1.82) is 0 Å². The highest BCUT2D eigenvalue weighted by Crippen LogP contribution is 2.57. The van der Waals surface area contributed by atoms with Crippen LogP contribution >= 0.6 is 0 Å². The fourth-order valence-corrected chi connectivity index (χ4v) is 2.31. The maximum Gasteiger partial charge on any atom is 0.317 e. The molecule has 1 aliphatic carbocycles. The number of benzene rings is 1. The summed E-state index contributed by atoms with van der Waals surface area (Å²) in [6.45, 7) is 1.49. The zero-order chi connectivity index (χ0) is 13.6. The van der Waals surface area contributed by atoms with Gasteiger partial charge in [-0.25, -0.2) is 9.60 Å². The van der Waals surface area contributed by atoms with Crippen molar-refractivity contribution in [3.05, 3.63) is 34.5 Å². The Morgan fingerprint density at radius 1 is 1.56 bits per heavy atom. The van der Waals surface area contributed by atoms with Crippen LogP contribution in [-0.2, 0) is 5.54 Å². The predicted molar refractivity (Wildman–Crippen MR) is 61.8 cm³/mol. The van der Waals surface area contributed by atoms with Gasteiger partial charge in [-0.1, -0.05) is 0 Å². The van der Waals surface area contributed by atoms with Crippen molar-refractivity contribution < 1.29 is 19.6 Å². The monoisotopic (exact) mass is 255 g/mol. The molecular weight excluding hydrogens is 239 g/mol. The van der Waals surface area contributed by atoms with E-state index in [0.717, 1.165) is 6.07 Å². The summed E-state index contributed by atoms with van der Waals surface area (Å²) in [5, 5.41) is 18.2. The van der Waals surface area contributed by atoms with Gasteiger partial charge in [0.1, 0.15) is 5.82 Å². The van der Waals surface area contributed by atoms with E-state index in [1.165, 1.54) is 12.1 Å². The number of nitrogens with two attached hydrogens (primary N) is 1. The zero-order valence-electron chi connectivity index (χ0n) is 10.1. The summed E-state index contributed by atoms with van der Waals surface area (Å²) in [5.74, 6) is -0.551. The number of nitrogens with zero attached hydrogens (tertiary/aromatic N) is 1. The van der Waals surface area contributed by atoms with E-state index in [0.29, 0.717) is 12.8 Å². The SMILES string of the molecule is C[C@@](N)(c1cc([N+](=O)O)ccc1F)C1(CO)CC1. The third-order valence-electron chi connectivity index (χ3n) is 3.99. The standard InChI is InChI=1S/C12H16FN2O3/c1-11(14,12(7-16)4-5-12)9-6-8(15(17)18)2-3-10(9)13/h2-3,6,16H,4-5,7,14H2,1H3,(H,17,18)/q+1/t11-/m1/s1. The zero-order valence-corrected chi connectivity index (χ0v) is 10.1. The van der Waals surface area contributed by atoms with Crippen molar-refractivity contribution in [3.63, 3.8) is 0 Å². The maximum atomic E-state index is 13.9. The molecule has 4 N–H and O–H groups in total. The van der Waals surface area contributed by atoms with Crippen LogP contribution in [0.1, 0.15) is 25.3 Å². The summed E-state index contributed by atoms with van der Waals surface area (Å²) >= 11 is 0. The van der Waals surface area contributed by atoms with Crippen molar-refractivity contribution in [1.82, 2.24) is 0 Å². The highest BCUT2D eigenvalue weighted by Gasteiger charge is 2.56. The van der Waals surface area contributed by atoms with Crippen LogP contribution in [0.3, 0.4) is 0 Å². The molecule has 98 valence electrons. The second kappa shape index (κ2) is 4.00. The van der Waals surface area contributed by atoms with E-state index in [9.17, 15) is 14.4 Å². The smallest absolute Gasteiger partial charge is 0.317 e. The molecule has 1 aromatic carbocycles. The van der Waals surface area contributed by atoms with E-state index >= 15 is 0 Å². The second-order valence-corrected chi connectivity index (χ2v) is 5.08. The van der Waals surface area contributed by atoms with Crippen LogP contribution in [0.25, 0.3) is 0 Å². The third-order valence-corrected chi connectivity index (χ3v) is 3.99. The Kier molecular flexibility index (Phi) is 2.87. The number of rotatable bonds is 4. The molecule has 1 fully saturated rings. The molecule has 1 aromatic rings. The first-order valence-electron chi connectivity index (χ1n) is 5.70. The average Bonchev–Trinajstić information content (AvgIpc) is 3.10. The van der Waals surface area contributed by atoms with E-state index in [4.69, 9.17) is 10.9 Å². The second-order valence-electron chi connectivity index (χ2n) is 5.08. The number of halogens is 1. The van der Waals surface area contributed by atoms with Crippen molar-refractivity contribution in [2.75, 3.05) is 6.61 Å². The molecule has 6 heteroatoms. The van der Waals surface area contributed by atoms with Gasteiger partial charge >= 0.3 is 5.69 Å². The molecule has 0 heterocycles. The van der Waals surface area contributed by atoms with E-state index in [1.807, 2.05) is 0 Å². The third kappa shape index (κ3) is 1.77. The normalized spacial score (nSPS) is 20.2. The van der Waals surface area contributed by atoms with Crippen LogP contribution in [0.4, 0.5) is 10.1 Å². The van der Waals surface area contributed by atoms with Gasteiger partial charge in [0.05, 0.1) is 11.5 Å². The summed E-state index contributed by atoms with van der Waals surface area (Å²) < 4.78 is 13.9. The molecule has 1 saturated carbocycles. The Morgan fingerprint density at radius 2 is 2.17 bits per heavy atom. The number of aliphatic hydroxyl groups is 1. The number of hydrogen-bond donors (Lipinski definition) is 3. The van der Waals surface area contributed by atoms with Crippen molar-refractivity contribution in [3.8, 4) is 0 Å². The Bertz CT molecular complexity index is 498. The molecule has 0 aromatic heterocycles. The highest BCUT2D eigenvalue weighted by molar-refractivity contribution is 5.40. The van der Waals surface area contributed by atoms with Crippen molar-refractivity contribution in [2.45, 2.75) is 25.3 Å². The fraction of sp³-hybridized carbons (Fsp3) is 0.500. The van der Waals surface area contributed by atoms with E-state index in [-0.39, 0.29) is 22.8 Å². The summed E-state index contributed by atoms with van der Waals surface area (Å²) in [4.78, 5) is 10.5. The lowest BCUT2D eigenvalue weighted by molar-refractivity contribution is -0.729. The quantitative estimate of drug-likeness (QED) is 0.713. The lowest BCUT2D eigenvalue weighted by Gasteiger charge is -2.33. The molecule has 5 nitrogen and oxygen atoms in total. The summed E-state index contributed by atoms with van der Waals surface area (Å²) in [6.07, 6.45) is 1.42. The van der Waals surface area contributed by atoms with Crippen LogP contribution in [-0.4, -0.2) is 21.8 Å². The maximum absolute atomic E-state index is 13.9. The van der Waals surface area contributed by atoms with Gasteiger partial charge < -0.3 is 10.8 Å². The van der Waals surface area contributed by atoms with E-state index in [1.54, 1.807) is 6.92 Å². The van der Waals surface area contributed by atoms with Crippen LogP contribution < -0.4 is 5.73 Å². The summed E-state index contributed by atoms with van der Waals surface area (Å²) in [7, 11) is 0. The van der Waals surface area contributed by atoms with Crippen molar-refractivity contribution in [2.24, 2.45) is 11.1 Å². The summed E-state index contributed by atoms with van der Waals surface area (Å²) in [6, 6.07) is 3.48. The lowest BCUT2D eigenvalue weighted by Crippen LogP contribution is -2.45.